The molecule has 1 rings (SSSR count). The zero-order valence-corrected chi connectivity index (χ0v) is 11.2. The fourth-order valence-electron chi connectivity index (χ4n) is 1.25. The summed E-state index contributed by atoms with van der Waals surface area (Å²) in [4.78, 5) is 21.4. The summed E-state index contributed by atoms with van der Waals surface area (Å²) in [7, 11) is -1.08. The van der Waals surface area contributed by atoms with E-state index in [1.54, 1.807) is 6.92 Å². The van der Waals surface area contributed by atoms with E-state index in [0.29, 0.717) is 0 Å². The van der Waals surface area contributed by atoms with Crippen molar-refractivity contribution in [1.29, 1.82) is 0 Å². The van der Waals surface area contributed by atoms with Crippen LogP contribution in [0.15, 0.2) is 18.2 Å². The zero-order chi connectivity index (χ0) is 14.6. The van der Waals surface area contributed by atoms with Crippen molar-refractivity contribution in [1.82, 2.24) is 5.32 Å². The summed E-state index contributed by atoms with van der Waals surface area (Å²) in [6, 6.07) is 2.90. The summed E-state index contributed by atoms with van der Waals surface area (Å²) in [5, 5.41) is 12.8. The van der Waals surface area contributed by atoms with Crippen molar-refractivity contribution in [2.45, 2.75) is 12.2 Å². The second-order valence-corrected chi connectivity index (χ2v) is 5.74. The van der Waals surface area contributed by atoms with Crippen LogP contribution < -0.4 is 5.32 Å². The van der Waals surface area contributed by atoms with E-state index in [2.05, 4.69) is 5.32 Å². The van der Waals surface area contributed by atoms with Gasteiger partial charge in [-0.1, -0.05) is 0 Å². The molecule has 2 atom stereocenters. The molecule has 1 N–H and O–H groups in total. The van der Waals surface area contributed by atoms with Gasteiger partial charge in [-0.05, 0) is 19.1 Å². The largest absolute Gasteiger partial charge is 0.351 e. The molecule has 19 heavy (non-hydrogen) atoms. The van der Waals surface area contributed by atoms with Crippen LogP contribution in [-0.4, -0.2) is 33.1 Å². The first-order chi connectivity index (χ1) is 8.82. The average molecular weight is 288 g/mol. The SMILES string of the molecule is CC(CNC(=O)c1ccc(F)c([N+](=O)[O-])c1)S(C)=O. The number of carbonyl (C=O) groups is 1. The number of nitro groups is 1. The Morgan fingerprint density at radius 2 is 2.21 bits per heavy atom. The summed E-state index contributed by atoms with van der Waals surface area (Å²) < 4.78 is 24.2. The van der Waals surface area contributed by atoms with Gasteiger partial charge in [-0.2, -0.15) is 4.39 Å². The Bertz CT molecular complexity index is 535. The molecule has 1 aromatic carbocycles. The number of hydrogen-bond acceptors (Lipinski definition) is 4. The van der Waals surface area contributed by atoms with E-state index in [1.807, 2.05) is 0 Å². The Labute approximate surface area is 111 Å². The lowest BCUT2D eigenvalue weighted by Gasteiger charge is -2.09. The molecular weight excluding hydrogens is 275 g/mol. The van der Waals surface area contributed by atoms with Crippen molar-refractivity contribution >= 4 is 22.4 Å². The predicted octanol–water partition coefficient (Wildman–Crippen LogP) is 1.23. The van der Waals surface area contributed by atoms with Gasteiger partial charge in [0.15, 0.2) is 0 Å². The number of nitrogens with zero attached hydrogens (tertiary/aromatic N) is 1. The van der Waals surface area contributed by atoms with Gasteiger partial charge in [0.2, 0.25) is 5.82 Å². The minimum absolute atomic E-state index is 0.0119. The molecule has 8 heteroatoms. The topological polar surface area (TPSA) is 89.3 Å². The fourth-order valence-corrected chi connectivity index (χ4v) is 1.57. The Morgan fingerprint density at radius 1 is 1.58 bits per heavy atom. The van der Waals surface area contributed by atoms with Crippen LogP contribution in [0, 0.1) is 15.9 Å². The molecule has 104 valence electrons. The van der Waals surface area contributed by atoms with Crippen LogP contribution in [0.25, 0.3) is 0 Å². The predicted molar refractivity (Wildman–Crippen MR) is 68.9 cm³/mol. The number of carbonyl (C=O) groups excluding carboxylic acids is 1. The molecule has 0 aromatic heterocycles. The molecule has 0 aliphatic rings. The second-order valence-electron chi connectivity index (χ2n) is 3.94. The lowest BCUT2D eigenvalue weighted by Crippen LogP contribution is -2.32. The number of halogens is 1. The Hall–Kier alpha value is -1.83. The first kappa shape index (κ1) is 15.2. The standard InChI is InChI=1S/C11H13FN2O4S/c1-7(19(2)18)6-13-11(15)8-3-4-9(12)10(5-8)14(16)17/h3-5,7H,6H2,1-2H3,(H,13,15). The van der Waals surface area contributed by atoms with Crippen molar-refractivity contribution in [3.8, 4) is 0 Å². The second kappa shape index (κ2) is 6.37. The Kier molecular flexibility index (Phi) is 5.11. The van der Waals surface area contributed by atoms with Crippen LogP contribution in [0.4, 0.5) is 10.1 Å². The zero-order valence-electron chi connectivity index (χ0n) is 10.4. The lowest BCUT2D eigenvalue weighted by atomic mass is 10.2. The Balaban J connectivity index is 2.80. The Morgan fingerprint density at radius 3 is 2.74 bits per heavy atom. The molecule has 0 spiro atoms. The minimum atomic E-state index is -1.08. The highest BCUT2D eigenvalue weighted by molar-refractivity contribution is 7.84. The van der Waals surface area contributed by atoms with Gasteiger partial charge in [-0.25, -0.2) is 0 Å². The number of amides is 1. The summed E-state index contributed by atoms with van der Waals surface area (Å²) in [5.41, 5.74) is -0.762. The van der Waals surface area contributed by atoms with Gasteiger partial charge in [0, 0.05) is 40.5 Å². The highest BCUT2D eigenvalue weighted by Gasteiger charge is 2.18. The van der Waals surface area contributed by atoms with Gasteiger partial charge >= 0.3 is 5.69 Å². The summed E-state index contributed by atoms with van der Waals surface area (Å²) in [5.74, 6) is -1.56. The molecule has 1 amide bonds. The van der Waals surface area contributed by atoms with E-state index in [9.17, 15) is 23.5 Å². The van der Waals surface area contributed by atoms with Crippen LogP contribution in [0.1, 0.15) is 17.3 Å². The molecule has 0 radical (unpaired) electrons. The molecule has 1 aromatic rings. The van der Waals surface area contributed by atoms with E-state index in [-0.39, 0.29) is 17.4 Å². The first-order valence-electron chi connectivity index (χ1n) is 5.37. The van der Waals surface area contributed by atoms with Crippen LogP contribution in [-0.2, 0) is 10.8 Å². The summed E-state index contributed by atoms with van der Waals surface area (Å²) in [6.45, 7) is 1.87. The molecule has 6 nitrogen and oxygen atoms in total. The number of nitro benzene ring substituents is 1. The molecule has 0 heterocycles. The molecule has 0 aliphatic heterocycles. The highest BCUT2D eigenvalue weighted by atomic mass is 32.2. The van der Waals surface area contributed by atoms with E-state index in [0.717, 1.165) is 18.2 Å². The third-order valence-electron chi connectivity index (χ3n) is 2.52. The van der Waals surface area contributed by atoms with Crippen LogP contribution in [0.5, 0.6) is 0 Å². The van der Waals surface area contributed by atoms with E-state index < -0.39 is 33.1 Å². The van der Waals surface area contributed by atoms with Crippen molar-refractivity contribution in [3.05, 3.63) is 39.7 Å². The van der Waals surface area contributed by atoms with E-state index in [1.165, 1.54) is 6.26 Å². The molecule has 0 bridgehead atoms. The number of nitrogens with one attached hydrogen (secondary N) is 1. The smallest absolute Gasteiger partial charge is 0.305 e. The highest BCUT2D eigenvalue weighted by Crippen LogP contribution is 2.18. The fraction of sp³-hybridized carbons (Fsp3) is 0.364. The van der Waals surface area contributed by atoms with Crippen molar-refractivity contribution in [2.24, 2.45) is 0 Å². The van der Waals surface area contributed by atoms with Crippen LogP contribution >= 0.6 is 0 Å². The van der Waals surface area contributed by atoms with Gasteiger partial charge in [0.05, 0.1) is 4.92 Å². The minimum Gasteiger partial charge on any atom is -0.351 e. The van der Waals surface area contributed by atoms with Gasteiger partial charge < -0.3 is 5.32 Å². The molecular formula is C11H13FN2O4S. The number of hydrogen-bond donors (Lipinski definition) is 1. The molecule has 2 unspecified atom stereocenters. The third kappa shape index (κ3) is 4.09. The quantitative estimate of drug-likeness (QED) is 0.652. The number of rotatable bonds is 5. The van der Waals surface area contributed by atoms with Crippen molar-refractivity contribution in [3.63, 3.8) is 0 Å². The monoisotopic (exact) mass is 288 g/mol. The number of benzene rings is 1. The van der Waals surface area contributed by atoms with Gasteiger partial charge in [-0.3, -0.25) is 19.1 Å². The van der Waals surface area contributed by atoms with Gasteiger partial charge in [-0.15, -0.1) is 0 Å². The maximum atomic E-state index is 13.1. The van der Waals surface area contributed by atoms with E-state index >= 15 is 0 Å². The molecule has 0 saturated heterocycles. The lowest BCUT2D eigenvalue weighted by molar-refractivity contribution is -0.387. The maximum absolute atomic E-state index is 13.1. The van der Waals surface area contributed by atoms with E-state index in [4.69, 9.17) is 0 Å². The molecule has 0 aliphatic carbocycles. The third-order valence-corrected chi connectivity index (χ3v) is 3.82. The van der Waals surface area contributed by atoms with Gasteiger partial charge in [0.1, 0.15) is 0 Å². The average Bonchev–Trinajstić information content (AvgIpc) is 2.35. The maximum Gasteiger partial charge on any atom is 0.305 e. The summed E-state index contributed by atoms with van der Waals surface area (Å²) in [6.07, 6.45) is 1.51. The van der Waals surface area contributed by atoms with Crippen molar-refractivity contribution < 1.29 is 18.3 Å². The normalized spacial score (nSPS) is 13.6. The van der Waals surface area contributed by atoms with Crippen LogP contribution in [0.3, 0.4) is 0 Å². The molecule has 0 fully saturated rings. The van der Waals surface area contributed by atoms with Gasteiger partial charge in [0.25, 0.3) is 5.91 Å². The van der Waals surface area contributed by atoms with Crippen LogP contribution in [0.2, 0.25) is 0 Å². The van der Waals surface area contributed by atoms with Crippen molar-refractivity contribution in [2.75, 3.05) is 12.8 Å². The molecule has 0 saturated carbocycles. The first-order valence-corrected chi connectivity index (χ1v) is 6.99. The summed E-state index contributed by atoms with van der Waals surface area (Å²) >= 11 is 0.